The van der Waals surface area contributed by atoms with Crippen LogP contribution < -0.4 is 15.0 Å². The molecule has 0 unspecified atom stereocenters. The molecule has 2 fully saturated rings. The first-order valence-electron chi connectivity index (χ1n) is 10.2. The highest BCUT2D eigenvalue weighted by Gasteiger charge is 2.26. The zero-order valence-corrected chi connectivity index (χ0v) is 17.0. The number of amides is 2. The van der Waals surface area contributed by atoms with E-state index in [2.05, 4.69) is 15.3 Å². The van der Waals surface area contributed by atoms with E-state index < -0.39 is 5.82 Å². The van der Waals surface area contributed by atoms with E-state index in [-0.39, 0.29) is 23.6 Å². The second-order valence-corrected chi connectivity index (χ2v) is 7.40. The van der Waals surface area contributed by atoms with E-state index in [1.807, 2.05) is 4.90 Å². The molecule has 2 saturated heterocycles. The highest BCUT2D eigenvalue weighted by Crippen LogP contribution is 2.28. The Kier molecular flexibility index (Phi) is 6.27. The van der Waals surface area contributed by atoms with E-state index in [1.165, 1.54) is 6.33 Å². The maximum absolute atomic E-state index is 15.2. The molecule has 0 spiro atoms. The van der Waals surface area contributed by atoms with Crippen molar-refractivity contribution in [2.45, 2.75) is 18.9 Å². The highest BCUT2D eigenvalue weighted by atomic mass is 19.1. The van der Waals surface area contributed by atoms with E-state index in [4.69, 9.17) is 9.47 Å². The van der Waals surface area contributed by atoms with Gasteiger partial charge in [0, 0.05) is 51.0 Å². The van der Waals surface area contributed by atoms with E-state index in [9.17, 15) is 4.79 Å². The van der Waals surface area contributed by atoms with Crippen molar-refractivity contribution in [2.24, 2.45) is 0 Å². The number of nitrogens with one attached hydrogen (secondary N) is 1. The lowest BCUT2D eigenvalue weighted by molar-refractivity contribution is 0.0779. The second-order valence-electron chi connectivity index (χ2n) is 7.40. The number of rotatable bonds is 4. The van der Waals surface area contributed by atoms with Gasteiger partial charge >= 0.3 is 6.03 Å². The van der Waals surface area contributed by atoms with Gasteiger partial charge < -0.3 is 24.6 Å². The van der Waals surface area contributed by atoms with Crippen LogP contribution >= 0.6 is 0 Å². The molecule has 30 heavy (non-hydrogen) atoms. The number of carbonyl (C=O) groups is 1. The van der Waals surface area contributed by atoms with Crippen molar-refractivity contribution in [1.29, 1.82) is 0 Å². The average molecular weight is 415 g/mol. The van der Waals surface area contributed by atoms with Crippen LogP contribution in [0.5, 0.6) is 5.75 Å². The first kappa shape index (κ1) is 20.3. The standard InChI is InChI=1S/C21H26FN5O3/c1-29-17-4-2-15(3-5-17)19-18(22)20(24-14-23-19)26-8-10-27(11-9-26)21(28)25-16-6-12-30-13-7-16/h2-5,14,16H,6-13H2,1H3,(H,25,28). The van der Waals surface area contributed by atoms with Crippen LogP contribution in [0, 0.1) is 5.82 Å². The number of hydrogen-bond acceptors (Lipinski definition) is 6. The third-order valence-electron chi connectivity index (χ3n) is 5.55. The maximum atomic E-state index is 15.2. The third kappa shape index (κ3) is 4.46. The Balaban J connectivity index is 1.40. The van der Waals surface area contributed by atoms with Crippen LogP contribution in [-0.2, 0) is 4.74 Å². The molecule has 0 bridgehead atoms. The fourth-order valence-corrected chi connectivity index (χ4v) is 3.76. The van der Waals surface area contributed by atoms with Crippen molar-refractivity contribution >= 4 is 11.8 Å². The van der Waals surface area contributed by atoms with Crippen molar-refractivity contribution < 1.29 is 18.7 Å². The average Bonchev–Trinajstić information content (AvgIpc) is 2.80. The lowest BCUT2D eigenvalue weighted by Crippen LogP contribution is -2.54. The summed E-state index contributed by atoms with van der Waals surface area (Å²) in [6.45, 7) is 3.41. The second kappa shape index (κ2) is 9.25. The summed E-state index contributed by atoms with van der Waals surface area (Å²) in [4.78, 5) is 24.4. The SMILES string of the molecule is COc1ccc(-c2ncnc(N3CCN(C(=O)NC4CCOCC4)CC3)c2F)cc1. The van der Waals surface area contributed by atoms with Crippen molar-refractivity contribution in [3.63, 3.8) is 0 Å². The molecule has 2 amide bonds. The van der Waals surface area contributed by atoms with Crippen molar-refractivity contribution in [2.75, 3.05) is 51.4 Å². The molecule has 2 aromatic rings. The zero-order valence-electron chi connectivity index (χ0n) is 17.0. The molecule has 1 aromatic heterocycles. The molecule has 3 heterocycles. The molecule has 1 N–H and O–H groups in total. The minimum Gasteiger partial charge on any atom is -0.497 e. The Morgan fingerprint density at radius 1 is 1.13 bits per heavy atom. The van der Waals surface area contributed by atoms with E-state index >= 15 is 4.39 Å². The number of methoxy groups -OCH3 is 1. The van der Waals surface area contributed by atoms with Crippen molar-refractivity contribution in [3.05, 3.63) is 36.4 Å². The number of hydrogen-bond donors (Lipinski definition) is 1. The number of ether oxygens (including phenoxy) is 2. The van der Waals surface area contributed by atoms with Gasteiger partial charge in [-0.2, -0.15) is 0 Å². The molecule has 160 valence electrons. The van der Waals surface area contributed by atoms with Gasteiger partial charge in [-0.05, 0) is 37.1 Å². The Morgan fingerprint density at radius 3 is 2.50 bits per heavy atom. The maximum Gasteiger partial charge on any atom is 0.317 e. The molecule has 1 aromatic carbocycles. The normalized spacial score (nSPS) is 17.7. The summed E-state index contributed by atoms with van der Waals surface area (Å²) in [7, 11) is 1.59. The van der Waals surface area contributed by atoms with Gasteiger partial charge in [0.25, 0.3) is 0 Å². The van der Waals surface area contributed by atoms with Gasteiger partial charge in [-0.15, -0.1) is 0 Å². The smallest absolute Gasteiger partial charge is 0.317 e. The molecule has 9 heteroatoms. The largest absolute Gasteiger partial charge is 0.497 e. The molecular weight excluding hydrogens is 389 g/mol. The highest BCUT2D eigenvalue weighted by molar-refractivity contribution is 5.75. The van der Waals surface area contributed by atoms with Gasteiger partial charge in [0.05, 0.1) is 7.11 Å². The van der Waals surface area contributed by atoms with Crippen LogP contribution in [-0.4, -0.2) is 73.4 Å². The van der Waals surface area contributed by atoms with Gasteiger partial charge in [0.2, 0.25) is 0 Å². The van der Waals surface area contributed by atoms with Crippen molar-refractivity contribution in [1.82, 2.24) is 20.2 Å². The number of aromatic nitrogens is 2. The van der Waals surface area contributed by atoms with Gasteiger partial charge in [0.1, 0.15) is 17.8 Å². The number of nitrogens with zero attached hydrogens (tertiary/aromatic N) is 4. The fourth-order valence-electron chi connectivity index (χ4n) is 3.76. The lowest BCUT2D eigenvalue weighted by Gasteiger charge is -2.36. The molecule has 2 aliphatic heterocycles. The molecule has 0 saturated carbocycles. The number of anilines is 1. The Morgan fingerprint density at radius 2 is 1.83 bits per heavy atom. The summed E-state index contributed by atoms with van der Waals surface area (Å²) in [5.74, 6) is 0.506. The Hall–Kier alpha value is -2.94. The minimum atomic E-state index is -0.456. The molecule has 0 atom stereocenters. The van der Waals surface area contributed by atoms with Crippen LogP contribution in [0.25, 0.3) is 11.3 Å². The number of carbonyl (C=O) groups excluding carboxylic acids is 1. The zero-order chi connectivity index (χ0) is 20.9. The van der Waals surface area contributed by atoms with Crippen LogP contribution in [0.4, 0.5) is 15.0 Å². The summed E-state index contributed by atoms with van der Waals surface area (Å²) in [6.07, 6.45) is 3.06. The topological polar surface area (TPSA) is 79.8 Å². The summed E-state index contributed by atoms with van der Waals surface area (Å²) < 4.78 is 25.7. The predicted octanol–water partition coefficient (Wildman–Crippen LogP) is 2.30. The van der Waals surface area contributed by atoms with Gasteiger partial charge in [-0.3, -0.25) is 0 Å². The molecule has 0 aliphatic carbocycles. The van der Waals surface area contributed by atoms with E-state index in [0.29, 0.717) is 50.7 Å². The summed E-state index contributed by atoms with van der Waals surface area (Å²) in [5, 5.41) is 3.07. The van der Waals surface area contributed by atoms with Gasteiger partial charge in [-0.25, -0.2) is 19.2 Å². The van der Waals surface area contributed by atoms with Crippen LogP contribution in [0.3, 0.4) is 0 Å². The Labute approximate surface area is 175 Å². The van der Waals surface area contributed by atoms with Crippen molar-refractivity contribution in [3.8, 4) is 17.0 Å². The van der Waals surface area contributed by atoms with E-state index in [1.54, 1.807) is 36.3 Å². The van der Waals surface area contributed by atoms with Crippen LogP contribution in [0.1, 0.15) is 12.8 Å². The molecular formula is C21H26FN5O3. The molecule has 0 radical (unpaired) electrons. The summed E-state index contributed by atoms with van der Waals surface area (Å²) in [6, 6.07) is 7.18. The number of halogens is 1. The fraction of sp³-hybridized carbons (Fsp3) is 0.476. The summed E-state index contributed by atoms with van der Waals surface area (Å²) in [5.41, 5.74) is 0.911. The molecule has 8 nitrogen and oxygen atoms in total. The Bertz CT molecular complexity index is 865. The van der Waals surface area contributed by atoms with Crippen LogP contribution in [0.15, 0.2) is 30.6 Å². The van der Waals surface area contributed by atoms with Gasteiger partial charge in [-0.1, -0.05) is 0 Å². The minimum absolute atomic E-state index is 0.0661. The predicted molar refractivity (Wildman–Crippen MR) is 110 cm³/mol. The molecule has 4 rings (SSSR count). The van der Waals surface area contributed by atoms with E-state index in [0.717, 1.165) is 12.8 Å². The first-order valence-corrected chi connectivity index (χ1v) is 10.2. The molecule has 2 aliphatic rings. The van der Waals surface area contributed by atoms with Gasteiger partial charge in [0.15, 0.2) is 11.6 Å². The third-order valence-corrected chi connectivity index (χ3v) is 5.55. The number of benzene rings is 1. The quantitative estimate of drug-likeness (QED) is 0.826. The van der Waals surface area contributed by atoms with Crippen LogP contribution in [0.2, 0.25) is 0 Å². The summed E-state index contributed by atoms with van der Waals surface area (Å²) >= 11 is 0. The number of piperazine rings is 1. The first-order chi connectivity index (χ1) is 14.7. The lowest BCUT2D eigenvalue weighted by atomic mass is 10.1. The monoisotopic (exact) mass is 415 g/mol. The number of urea groups is 1.